The average Bonchev–Trinajstić information content (AvgIpc) is 2.93. The number of Topliss-reactive ketones (excluding diaryl/α,β-unsaturated/α-hetero) is 1. The van der Waals surface area contributed by atoms with Gasteiger partial charge in [0.1, 0.15) is 5.69 Å². The third-order valence-electron chi connectivity index (χ3n) is 3.88. The number of carbonyl (C=O) groups is 4. The first-order valence-corrected chi connectivity index (χ1v) is 8.28. The van der Waals surface area contributed by atoms with Crippen LogP contribution in [-0.4, -0.2) is 35.3 Å². The van der Waals surface area contributed by atoms with E-state index in [2.05, 4.69) is 15.6 Å². The molecule has 0 aliphatic heterocycles. The fraction of sp³-hybridized carbons (Fsp3) is 0.263. The number of hydrogen-bond acceptors (Lipinski definition) is 5. The molecule has 1 aromatic carbocycles. The van der Waals surface area contributed by atoms with Crippen LogP contribution in [0.15, 0.2) is 30.3 Å². The first-order chi connectivity index (χ1) is 12.8. The van der Waals surface area contributed by atoms with Crippen LogP contribution in [0.4, 0.5) is 4.79 Å². The number of esters is 1. The maximum absolute atomic E-state index is 12.1. The summed E-state index contributed by atoms with van der Waals surface area (Å²) in [4.78, 5) is 49.9. The Kier molecular flexibility index (Phi) is 6.48. The second-order valence-corrected chi connectivity index (χ2v) is 5.97. The van der Waals surface area contributed by atoms with E-state index in [9.17, 15) is 19.2 Å². The van der Waals surface area contributed by atoms with Gasteiger partial charge in [0.2, 0.25) is 0 Å². The third-order valence-corrected chi connectivity index (χ3v) is 3.88. The molecule has 0 aliphatic rings. The number of hydrogen-bond donors (Lipinski definition) is 3. The number of H-pyrrole nitrogens is 1. The Bertz CT molecular complexity index is 871. The summed E-state index contributed by atoms with van der Waals surface area (Å²) in [6.45, 7) is 4.33. The summed E-state index contributed by atoms with van der Waals surface area (Å²) < 4.78 is 4.91. The number of urea groups is 1. The van der Waals surface area contributed by atoms with Crippen molar-refractivity contribution >= 4 is 23.7 Å². The number of imide groups is 1. The molecule has 142 valence electrons. The first-order valence-electron chi connectivity index (χ1n) is 8.28. The summed E-state index contributed by atoms with van der Waals surface area (Å²) in [5.41, 5.74) is 2.43. The topological polar surface area (TPSA) is 117 Å². The lowest BCUT2D eigenvalue weighted by Gasteiger charge is -2.07. The van der Waals surface area contributed by atoms with Gasteiger partial charge in [-0.2, -0.15) is 0 Å². The summed E-state index contributed by atoms with van der Waals surface area (Å²) in [6.07, 6.45) is 0. The zero-order valence-corrected chi connectivity index (χ0v) is 15.3. The fourth-order valence-corrected chi connectivity index (χ4v) is 2.67. The lowest BCUT2D eigenvalue weighted by atomic mass is 10.1. The van der Waals surface area contributed by atoms with Crippen molar-refractivity contribution in [2.24, 2.45) is 0 Å². The van der Waals surface area contributed by atoms with Crippen molar-refractivity contribution in [1.82, 2.24) is 15.6 Å². The van der Waals surface area contributed by atoms with Gasteiger partial charge < -0.3 is 15.0 Å². The minimum absolute atomic E-state index is 0.110. The van der Waals surface area contributed by atoms with E-state index < -0.39 is 24.5 Å². The van der Waals surface area contributed by atoms with E-state index in [4.69, 9.17) is 4.74 Å². The quantitative estimate of drug-likeness (QED) is 0.530. The third kappa shape index (κ3) is 5.27. The lowest BCUT2D eigenvalue weighted by Crippen LogP contribution is -2.41. The molecule has 2 aromatic rings. The predicted molar refractivity (Wildman–Crippen MR) is 97.4 cm³/mol. The van der Waals surface area contributed by atoms with Gasteiger partial charge in [-0.15, -0.1) is 0 Å². The molecule has 0 unspecified atom stereocenters. The van der Waals surface area contributed by atoms with Crippen LogP contribution in [0, 0.1) is 13.8 Å². The standard InChI is InChI=1S/C19H21N3O5/c1-11-16(13(3)23)12(2)21-17(11)18(25)27-10-15(24)22-19(26)20-9-14-7-5-4-6-8-14/h4-8,21H,9-10H2,1-3H3,(H2,20,22,24,26). The molecule has 0 radical (unpaired) electrons. The molecule has 1 heterocycles. The van der Waals surface area contributed by atoms with Gasteiger partial charge >= 0.3 is 12.0 Å². The predicted octanol–water partition coefficient (Wildman–Crippen LogP) is 2.02. The average molecular weight is 371 g/mol. The van der Waals surface area contributed by atoms with Crippen LogP contribution in [0.1, 0.15) is 44.6 Å². The van der Waals surface area contributed by atoms with Gasteiger partial charge in [-0.05, 0) is 31.9 Å². The van der Waals surface area contributed by atoms with Crippen LogP contribution in [0.3, 0.4) is 0 Å². The Balaban J connectivity index is 1.83. The Morgan fingerprint density at radius 1 is 1.07 bits per heavy atom. The van der Waals surface area contributed by atoms with Crippen LogP contribution in [0.5, 0.6) is 0 Å². The molecule has 3 amide bonds. The highest BCUT2D eigenvalue weighted by atomic mass is 16.5. The zero-order valence-electron chi connectivity index (χ0n) is 15.3. The van der Waals surface area contributed by atoms with Crippen molar-refractivity contribution in [2.75, 3.05) is 6.61 Å². The summed E-state index contributed by atoms with van der Waals surface area (Å²) in [6, 6.07) is 8.50. The van der Waals surface area contributed by atoms with Gasteiger partial charge in [0.15, 0.2) is 12.4 Å². The Hall–Kier alpha value is -3.42. The Morgan fingerprint density at radius 3 is 2.33 bits per heavy atom. The van der Waals surface area contributed by atoms with Crippen LogP contribution >= 0.6 is 0 Å². The maximum Gasteiger partial charge on any atom is 0.355 e. The lowest BCUT2D eigenvalue weighted by molar-refractivity contribution is -0.123. The van der Waals surface area contributed by atoms with E-state index in [0.717, 1.165) is 5.56 Å². The number of carbonyl (C=O) groups excluding carboxylic acids is 4. The number of ketones is 1. The SMILES string of the molecule is CC(=O)c1c(C)[nH]c(C(=O)OCC(=O)NC(=O)NCc2ccccc2)c1C. The molecule has 3 N–H and O–H groups in total. The molecule has 27 heavy (non-hydrogen) atoms. The molecular weight excluding hydrogens is 350 g/mol. The summed E-state index contributed by atoms with van der Waals surface area (Å²) in [5, 5.41) is 4.60. The first kappa shape index (κ1) is 19.9. The summed E-state index contributed by atoms with van der Waals surface area (Å²) >= 11 is 0. The summed E-state index contributed by atoms with van der Waals surface area (Å²) in [7, 11) is 0. The smallest absolute Gasteiger partial charge is 0.355 e. The highest BCUT2D eigenvalue weighted by Gasteiger charge is 2.21. The molecule has 1 aromatic heterocycles. The van der Waals surface area contributed by atoms with E-state index in [1.807, 2.05) is 30.3 Å². The summed E-state index contributed by atoms with van der Waals surface area (Å²) in [5.74, 6) is -1.71. The maximum atomic E-state index is 12.1. The normalized spacial score (nSPS) is 10.2. The molecule has 0 saturated carbocycles. The van der Waals surface area contributed by atoms with Crippen molar-refractivity contribution < 1.29 is 23.9 Å². The van der Waals surface area contributed by atoms with E-state index >= 15 is 0 Å². The minimum atomic E-state index is -0.775. The number of amides is 3. The van der Waals surface area contributed by atoms with Gasteiger partial charge in [0, 0.05) is 17.8 Å². The van der Waals surface area contributed by atoms with Crippen LogP contribution in [0.2, 0.25) is 0 Å². The second-order valence-electron chi connectivity index (χ2n) is 5.97. The van der Waals surface area contributed by atoms with Crippen molar-refractivity contribution in [1.29, 1.82) is 0 Å². The van der Waals surface area contributed by atoms with Gasteiger partial charge in [-0.3, -0.25) is 14.9 Å². The molecule has 8 heteroatoms. The molecular formula is C19H21N3O5. The minimum Gasteiger partial charge on any atom is -0.451 e. The van der Waals surface area contributed by atoms with Crippen LogP contribution in [0.25, 0.3) is 0 Å². The number of nitrogens with one attached hydrogen (secondary N) is 3. The molecule has 0 aliphatic carbocycles. The number of ether oxygens (including phenoxy) is 1. The Labute approximate surface area is 156 Å². The molecule has 0 atom stereocenters. The monoisotopic (exact) mass is 371 g/mol. The highest BCUT2D eigenvalue weighted by molar-refractivity contribution is 6.02. The molecule has 8 nitrogen and oxygen atoms in total. The van der Waals surface area contributed by atoms with Gasteiger partial charge in [0.05, 0.1) is 0 Å². The van der Waals surface area contributed by atoms with E-state index in [0.29, 0.717) is 16.8 Å². The van der Waals surface area contributed by atoms with Crippen molar-refractivity contribution in [2.45, 2.75) is 27.3 Å². The second kappa shape index (κ2) is 8.79. The van der Waals surface area contributed by atoms with Crippen molar-refractivity contribution in [3.05, 3.63) is 58.4 Å². The molecule has 0 saturated heterocycles. The van der Waals surface area contributed by atoms with Crippen molar-refractivity contribution in [3.8, 4) is 0 Å². The molecule has 0 bridgehead atoms. The van der Waals surface area contributed by atoms with Crippen molar-refractivity contribution in [3.63, 3.8) is 0 Å². The highest BCUT2D eigenvalue weighted by Crippen LogP contribution is 2.19. The molecule has 2 rings (SSSR count). The molecule has 0 spiro atoms. The van der Waals surface area contributed by atoms with E-state index in [1.165, 1.54) is 6.92 Å². The zero-order chi connectivity index (χ0) is 20.0. The largest absolute Gasteiger partial charge is 0.451 e. The van der Waals surface area contributed by atoms with Gasteiger partial charge in [0.25, 0.3) is 5.91 Å². The van der Waals surface area contributed by atoms with E-state index in [1.54, 1.807) is 13.8 Å². The molecule has 0 fully saturated rings. The van der Waals surface area contributed by atoms with Gasteiger partial charge in [-0.1, -0.05) is 30.3 Å². The van der Waals surface area contributed by atoms with Crippen LogP contribution in [-0.2, 0) is 16.1 Å². The number of rotatable bonds is 6. The van der Waals surface area contributed by atoms with Crippen LogP contribution < -0.4 is 10.6 Å². The number of aryl methyl sites for hydroxylation is 1. The number of aromatic nitrogens is 1. The number of aromatic amines is 1. The van der Waals surface area contributed by atoms with Gasteiger partial charge in [-0.25, -0.2) is 9.59 Å². The fourth-order valence-electron chi connectivity index (χ4n) is 2.67. The number of benzene rings is 1. The Morgan fingerprint density at radius 2 is 1.74 bits per heavy atom. The van der Waals surface area contributed by atoms with E-state index in [-0.39, 0.29) is 18.0 Å².